The Morgan fingerprint density at radius 1 is 1.62 bits per heavy atom. The Balaban J connectivity index is 1.98. The van der Waals surface area contributed by atoms with Crippen molar-refractivity contribution in [2.75, 3.05) is 11.9 Å². The van der Waals surface area contributed by atoms with Gasteiger partial charge in [-0.15, -0.1) is 0 Å². The number of aromatic nitrogens is 1. The lowest BCUT2D eigenvalue weighted by molar-refractivity contribution is 0.888. The molecule has 0 aromatic carbocycles. The number of pyridine rings is 1. The average Bonchev–Trinajstić information content (AvgIpc) is 2.91. The Labute approximate surface area is 90.8 Å². The van der Waals surface area contributed by atoms with E-state index in [9.17, 15) is 0 Å². The van der Waals surface area contributed by atoms with Crippen molar-refractivity contribution in [2.45, 2.75) is 12.8 Å². The Morgan fingerprint density at radius 3 is 3.00 bits per heavy atom. The molecule has 1 aromatic heterocycles. The molecule has 70 valence electrons. The fourth-order valence-electron chi connectivity index (χ4n) is 1.10. The molecule has 0 unspecified atom stereocenters. The highest BCUT2D eigenvalue weighted by Crippen LogP contribution is 2.29. The molecule has 4 heteroatoms. The highest BCUT2D eigenvalue weighted by molar-refractivity contribution is 9.10. The largest absolute Gasteiger partial charge is 0.383 e. The van der Waals surface area contributed by atoms with Gasteiger partial charge in [0.1, 0.15) is 5.15 Å². The summed E-state index contributed by atoms with van der Waals surface area (Å²) < 4.78 is 0.843. The first-order valence-corrected chi connectivity index (χ1v) is 5.48. The van der Waals surface area contributed by atoms with Gasteiger partial charge in [-0.3, -0.25) is 0 Å². The van der Waals surface area contributed by atoms with Crippen molar-refractivity contribution in [3.63, 3.8) is 0 Å². The summed E-state index contributed by atoms with van der Waals surface area (Å²) in [6.45, 7) is 1.05. The Kier molecular flexibility index (Phi) is 2.74. The minimum atomic E-state index is 0.511. The van der Waals surface area contributed by atoms with E-state index >= 15 is 0 Å². The topological polar surface area (TPSA) is 24.9 Å². The van der Waals surface area contributed by atoms with Crippen molar-refractivity contribution in [1.29, 1.82) is 0 Å². The second-order valence-electron chi connectivity index (χ2n) is 3.32. The number of hydrogen-bond donors (Lipinski definition) is 1. The van der Waals surface area contributed by atoms with Crippen molar-refractivity contribution in [1.82, 2.24) is 4.98 Å². The van der Waals surface area contributed by atoms with E-state index in [1.165, 1.54) is 12.8 Å². The van der Waals surface area contributed by atoms with Crippen LogP contribution in [0.2, 0.25) is 5.15 Å². The number of nitrogens with one attached hydrogen (secondary N) is 1. The summed E-state index contributed by atoms with van der Waals surface area (Å²) in [7, 11) is 0. The van der Waals surface area contributed by atoms with Gasteiger partial charge < -0.3 is 5.32 Å². The van der Waals surface area contributed by atoms with Gasteiger partial charge in [0.25, 0.3) is 0 Å². The summed E-state index contributed by atoms with van der Waals surface area (Å²) in [6.07, 6.45) is 4.47. The van der Waals surface area contributed by atoms with Gasteiger partial charge in [-0.05, 0) is 40.8 Å². The zero-order chi connectivity index (χ0) is 9.26. The van der Waals surface area contributed by atoms with E-state index in [0.29, 0.717) is 5.15 Å². The van der Waals surface area contributed by atoms with Gasteiger partial charge in [0, 0.05) is 6.54 Å². The second-order valence-corrected chi connectivity index (χ2v) is 4.53. The predicted octanol–water partition coefficient (Wildman–Crippen LogP) is 3.32. The first kappa shape index (κ1) is 9.28. The molecule has 13 heavy (non-hydrogen) atoms. The average molecular weight is 262 g/mol. The molecule has 0 bridgehead atoms. The number of anilines is 1. The molecule has 0 aliphatic heterocycles. The van der Waals surface area contributed by atoms with Gasteiger partial charge in [-0.1, -0.05) is 11.6 Å². The number of halogens is 2. The standard InChI is InChI=1S/C9H10BrClN2/c10-8-3-7(5-13-9(8)11)12-4-6-1-2-6/h3,5-6,12H,1-2,4H2. The monoisotopic (exact) mass is 260 g/mol. The molecule has 0 saturated heterocycles. The second kappa shape index (κ2) is 3.84. The van der Waals surface area contributed by atoms with E-state index < -0.39 is 0 Å². The molecule has 2 nitrogen and oxygen atoms in total. The maximum absolute atomic E-state index is 5.77. The maximum Gasteiger partial charge on any atom is 0.143 e. The summed E-state index contributed by atoms with van der Waals surface area (Å²) in [5, 5.41) is 3.83. The predicted molar refractivity (Wildman–Crippen MR) is 58.2 cm³/mol. The summed E-state index contributed by atoms with van der Waals surface area (Å²) in [5.74, 6) is 0.870. The Bertz CT molecular complexity index is 312. The highest BCUT2D eigenvalue weighted by Gasteiger charge is 2.20. The highest BCUT2D eigenvalue weighted by atomic mass is 79.9. The van der Waals surface area contributed by atoms with Crippen LogP contribution >= 0.6 is 27.5 Å². The van der Waals surface area contributed by atoms with E-state index in [1.807, 2.05) is 6.07 Å². The zero-order valence-corrected chi connectivity index (χ0v) is 9.40. The van der Waals surface area contributed by atoms with Crippen LogP contribution in [0.3, 0.4) is 0 Å². The van der Waals surface area contributed by atoms with E-state index in [-0.39, 0.29) is 0 Å². The molecular weight excluding hydrogens is 251 g/mol. The molecule has 0 spiro atoms. The lowest BCUT2D eigenvalue weighted by Crippen LogP contribution is -2.03. The molecule has 1 aromatic rings. The first-order valence-electron chi connectivity index (χ1n) is 4.30. The number of hydrogen-bond acceptors (Lipinski definition) is 2. The molecule has 2 rings (SSSR count). The normalized spacial score (nSPS) is 15.8. The smallest absolute Gasteiger partial charge is 0.143 e. The van der Waals surface area contributed by atoms with Crippen molar-refractivity contribution >= 4 is 33.2 Å². The molecule has 0 atom stereocenters. The lowest BCUT2D eigenvalue weighted by Gasteiger charge is -2.05. The van der Waals surface area contributed by atoms with Crippen LogP contribution in [0.1, 0.15) is 12.8 Å². The van der Waals surface area contributed by atoms with Crippen LogP contribution in [0.4, 0.5) is 5.69 Å². The molecule has 1 fully saturated rings. The quantitative estimate of drug-likeness (QED) is 0.844. The minimum Gasteiger partial charge on any atom is -0.383 e. The Morgan fingerprint density at radius 2 is 2.38 bits per heavy atom. The minimum absolute atomic E-state index is 0.511. The summed E-state index contributed by atoms with van der Waals surface area (Å²) >= 11 is 9.10. The Hall–Kier alpha value is -0.280. The van der Waals surface area contributed by atoms with E-state index in [0.717, 1.165) is 22.6 Å². The molecule has 1 N–H and O–H groups in total. The summed E-state index contributed by atoms with van der Waals surface area (Å²) in [5.41, 5.74) is 1.03. The number of rotatable bonds is 3. The third-order valence-corrected chi connectivity index (χ3v) is 3.22. The van der Waals surface area contributed by atoms with Crippen LogP contribution in [0.15, 0.2) is 16.7 Å². The van der Waals surface area contributed by atoms with E-state index in [1.54, 1.807) is 6.20 Å². The van der Waals surface area contributed by atoms with Gasteiger partial charge in [0.05, 0.1) is 16.4 Å². The summed E-state index contributed by atoms with van der Waals surface area (Å²) in [4.78, 5) is 4.03. The van der Waals surface area contributed by atoms with Gasteiger partial charge in [0.15, 0.2) is 0 Å². The fourth-order valence-corrected chi connectivity index (χ4v) is 1.55. The van der Waals surface area contributed by atoms with Crippen LogP contribution in [0.5, 0.6) is 0 Å². The lowest BCUT2D eigenvalue weighted by atomic mass is 10.4. The fraction of sp³-hybridized carbons (Fsp3) is 0.444. The third kappa shape index (κ3) is 2.58. The van der Waals surface area contributed by atoms with Gasteiger partial charge in [0.2, 0.25) is 0 Å². The molecule has 0 radical (unpaired) electrons. The maximum atomic E-state index is 5.77. The van der Waals surface area contributed by atoms with E-state index in [4.69, 9.17) is 11.6 Å². The molecule has 1 saturated carbocycles. The molecular formula is C9H10BrClN2. The van der Waals surface area contributed by atoms with Crippen LogP contribution in [-0.4, -0.2) is 11.5 Å². The SMILES string of the molecule is Clc1ncc(NCC2CC2)cc1Br. The van der Waals surface area contributed by atoms with Crippen molar-refractivity contribution < 1.29 is 0 Å². The van der Waals surface area contributed by atoms with Crippen LogP contribution in [0, 0.1) is 5.92 Å². The molecule has 1 aliphatic rings. The van der Waals surface area contributed by atoms with E-state index in [2.05, 4.69) is 26.2 Å². The van der Waals surface area contributed by atoms with Gasteiger partial charge >= 0.3 is 0 Å². The van der Waals surface area contributed by atoms with Crippen LogP contribution in [-0.2, 0) is 0 Å². The van der Waals surface area contributed by atoms with Gasteiger partial charge in [-0.25, -0.2) is 4.98 Å². The first-order chi connectivity index (χ1) is 6.25. The summed E-state index contributed by atoms with van der Waals surface area (Å²) in [6, 6.07) is 1.96. The third-order valence-electron chi connectivity index (χ3n) is 2.09. The van der Waals surface area contributed by atoms with Gasteiger partial charge in [-0.2, -0.15) is 0 Å². The molecule has 0 amide bonds. The van der Waals surface area contributed by atoms with Crippen molar-refractivity contribution in [3.05, 3.63) is 21.9 Å². The molecule has 1 heterocycles. The van der Waals surface area contributed by atoms with Crippen molar-refractivity contribution in [3.8, 4) is 0 Å². The van der Waals surface area contributed by atoms with Crippen molar-refractivity contribution in [2.24, 2.45) is 5.92 Å². The zero-order valence-electron chi connectivity index (χ0n) is 7.06. The number of nitrogens with zero attached hydrogens (tertiary/aromatic N) is 1. The van der Waals surface area contributed by atoms with Crippen LogP contribution in [0.25, 0.3) is 0 Å². The molecule has 1 aliphatic carbocycles. The van der Waals surface area contributed by atoms with Crippen LogP contribution < -0.4 is 5.32 Å².